The zero-order valence-corrected chi connectivity index (χ0v) is 21.0. The van der Waals surface area contributed by atoms with Crippen LogP contribution in [0.2, 0.25) is 0 Å². The first-order valence-corrected chi connectivity index (χ1v) is 13.0. The molecule has 1 aromatic heterocycles. The van der Waals surface area contributed by atoms with Crippen molar-refractivity contribution in [3.8, 4) is 11.3 Å². The first-order valence-electron chi connectivity index (χ1n) is 13.0. The fraction of sp³-hybridized carbons (Fsp3) is 0.414. The summed E-state index contributed by atoms with van der Waals surface area (Å²) in [5.41, 5.74) is 4.08. The first-order chi connectivity index (χ1) is 17.6. The molecule has 2 fully saturated rings. The molecule has 0 saturated carbocycles. The van der Waals surface area contributed by atoms with Gasteiger partial charge in [-0.25, -0.2) is 0 Å². The van der Waals surface area contributed by atoms with E-state index >= 15 is 0 Å². The van der Waals surface area contributed by atoms with Crippen molar-refractivity contribution in [2.24, 2.45) is 11.3 Å². The third-order valence-electron chi connectivity index (χ3n) is 7.51. The molecule has 7 nitrogen and oxygen atoms in total. The van der Waals surface area contributed by atoms with Gasteiger partial charge in [-0.1, -0.05) is 67.6 Å². The Balaban J connectivity index is 1.20. The summed E-state index contributed by atoms with van der Waals surface area (Å²) in [6.07, 6.45) is 2.13. The van der Waals surface area contributed by atoms with Crippen molar-refractivity contribution in [3.05, 3.63) is 78.0 Å². The van der Waals surface area contributed by atoms with Gasteiger partial charge >= 0.3 is 0 Å². The van der Waals surface area contributed by atoms with Gasteiger partial charge in [0.2, 0.25) is 11.8 Å². The van der Waals surface area contributed by atoms with Crippen LogP contribution in [0.25, 0.3) is 11.3 Å². The monoisotopic (exact) mass is 485 g/mol. The van der Waals surface area contributed by atoms with Crippen LogP contribution in [0, 0.1) is 11.3 Å². The molecule has 1 unspecified atom stereocenters. The van der Waals surface area contributed by atoms with Crippen LogP contribution in [-0.4, -0.2) is 64.5 Å². The van der Waals surface area contributed by atoms with Crippen molar-refractivity contribution < 1.29 is 9.59 Å². The van der Waals surface area contributed by atoms with Gasteiger partial charge in [-0.2, -0.15) is 5.10 Å². The van der Waals surface area contributed by atoms with Crippen molar-refractivity contribution in [1.29, 1.82) is 0 Å². The molecule has 36 heavy (non-hydrogen) atoms. The number of H-pyrrole nitrogens is 1. The number of hydrogen-bond acceptors (Lipinski definition) is 4. The van der Waals surface area contributed by atoms with Crippen LogP contribution in [0.5, 0.6) is 0 Å². The van der Waals surface area contributed by atoms with Gasteiger partial charge in [0.1, 0.15) is 0 Å². The number of rotatable bonds is 9. The van der Waals surface area contributed by atoms with Gasteiger partial charge in [-0.15, -0.1) is 0 Å². The SMILES string of the molecule is CCCC(=O)N1CC2(CN(Cc3ccccc3)CC2C(=O)NCCc2cc(-c3ccccc3)n[nH]2)C1. The Hall–Kier alpha value is -3.45. The summed E-state index contributed by atoms with van der Waals surface area (Å²) in [4.78, 5) is 30.2. The average molecular weight is 486 g/mol. The van der Waals surface area contributed by atoms with Gasteiger partial charge < -0.3 is 10.2 Å². The lowest BCUT2D eigenvalue weighted by molar-refractivity contribution is -0.149. The van der Waals surface area contributed by atoms with Gasteiger partial charge in [0.15, 0.2) is 0 Å². The molecular weight excluding hydrogens is 450 g/mol. The van der Waals surface area contributed by atoms with Crippen molar-refractivity contribution in [2.45, 2.75) is 32.7 Å². The number of carbonyl (C=O) groups is 2. The summed E-state index contributed by atoms with van der Waals surface area (Å²) < 4.78 is 0. The Bertz CT molecular complexity index is 1170. The molecule has 3 heterocycles. The molecule has 5 rings (SSSR count). The summed E-state index contributed by atoms with van der Waals surface area (Å²) in [5.74, 6) is 0.182. The van der Waals surface area contributed by atoms with Crippen LogP contribution >= 0.6 is 0 Å². The molecule has 0 aliphatic carbocycles. The Morgan fingerprint density at radius 3 is 2.50 bits per heavy atom. The number of nitrogens with one attached hydrogen (secondary N) is 2. The number of hydrogen-bond donors (Lipinski definition) is 2. The zero-order chi connectivity index (χ0) is 25.0. The third-order valence-corrected chi connectivity index (χ3v) is 7.51. The normalized spacial score (nSPS) is 18.8. The van der Waals surface area contributed by atoms with Crippen LogP contribution in [0.3, 0.4) is 0 Å². The minimum absolute atomic E-state index is 0.0935. The predicted molar refractivity (Wildman–Crippen MR) is 140 cm³/mol. The van der Waals surface area contributed by atoms with Gasteiger partial charge in [0, 0.05) is 68.8 Å². The fourth-order valence-corrected chi connectivity index (χ4v) is 5.67. The Labute approximate surface area is 212 Å². The van der Waals surface area contributed by atoms with Crippen molar-refractivity contribution in [3.63, 3.8) is 0 Å². The largest absolute Gasteiger partial charge is 0.355 e. The summed E-state index contributed by atoms with van der Waals surface area (Å²) >= 11 is 0. The van der Waals surface area contributed by atoms with E-state index in [-0.39, 0.29) is 23.1 Å². The van der Waals surface area contributed by atoms with Crippen LogP contribution in [-0.2, 0) is 22.6 Å². The van der Waals surface area contributed by atoms with Crippen LogP contribution in [0.4, 0.5) is 0 Å². The van der Waals surface area contributed by atoms with Crippen LogP contribution in [0.15, 0.2) is 66.7 Å². The highest BCUT2D eigenvalue weighted by Crippen LogP contribution is 2.44. The quantitative estimate of drug-likeness (QED) is 0.486. The van der Waals surface area contributed by atoms with Crippen LogP contribution in [0.1, 0.15) is 31.0 Å². The molecule has 2 aromatic carbocycles. The van der Waals surface area contributed by atoms with Crippen molar-refractivity contribution in [2.75, 3.05) is 32.7 Å². The van der Waals surface area contributed by atoms with E-state index in [4.69, 9.17) is 0 Å². The molecule has 2 aliphatic heterocycles. The number of likely N-dealkylation sites (tertiary alicyclic amines) is 2. The highest BCUT2D eigenvalue weighted by molar-refractivity contribution is 5.82. The Kier molecular flexibility index (Phi) is 7.18. The number of benzene rings is 2. The topological polar surface area (TPSA) is 81.3 Å². The summed E-state index contributed by atoms with van der Waals surface area (Å²) in [6.45, 7) is 6.33. The lowest BCUT2D eigenvalue weighted by Gasteiger charge is -2.50. The second kappa shape index (κ2) is 10.7. The van der Waals surface area contributed by atoms with E-state index in [2.05, 4.69) is 44.7 Å². The number of aromatic nitrogens is 2. The molecule has 2 saturated heterocycles. The molecular formula is C29H35N5O2. The zero-order valence-electron chi connectivity index (χ0n) is 21.0. The molecule has 7 heteroatoms. The first kappa shape index (κ1) is 24.3. The van der Waals surface area contributed by atoms with E-state index in [0.29, 0.717) is 32.5 Å². The summed E-state index contributed by atoms with van der Waals surface area (Å²) in [6, 6.07) is 22.5. The smallest absolute Gasteiger partial charge is 0.225 e. The maximum Gasteiger partial charge on any atom is 0.225 e. The van der Waals surface area contributed by atoms with Crippen molar-refractivity contribution in [1.82, 2.24) is 25.3 Å². The molecule has 0 radical (unpaired) electrons. The number of carbonyl (C=O) groups excluding carboxylic acids is 2. The maximum absolute atomic E-state index is 13.4. The van der Waals surface area contributed by atoms with Gasteiger partial charge in [-0.3, -0.25) is 19.6 Å². The highest BCUT2D eigenvalue weighted by Gasteiger charge is 2.57. The summed E-state index contributed by atoms with van der Waals surface area (Å²) in [7, 11) is 0. The van der Waals surface area contributed by atoms with Gasteiger partial charge in [-0.05, 0) is 18.1 Å². The number of amides is 2. The second-order valence-electron chi connectivity index (χ2n) is 10.3. The van der Waals surface area contributed by atoms with E-state index in [1.165, 1.54) is 5.56 Å². The minimum atomic E-state index is -0.156. The Morgan fingerprint density at radius 1 is 1.06 bits per heavy atom. The molecule has 2 aliphatic rings. The molecule has 188 valence electrons. The summed E-state index contributed by atoms with van der Waals surface area (Å²) in [5, 5.41) is 10.7. The van der Waals surface area contributed by atoms with E-state index in [9.17, 15) is 9.59 Å². The molecule has 2 amide bonds. The third kappa shape index (κ3) is 5.21. The van der Waals surface area contributed by atoms with Crippen LogP contribution < -0.4 is 5.32 Å². The lowest BCUT2D eigenvalue weighted by Crippen LogP contribution is -2.64. The molecule has 3 aromatic rings. The van der Waals surface area contributed by atoms with Gasteiger partial charge in [0.05, 0.1) is 11.6 Å². The standard InChI is InChI=1S/C29H35N5O2/c1-2-9-27(35)34-20-29(21-34)19-33(17-22-10-5-3-6-11-22)18-25(29)28(36)30-15-14-24-16-26(32-31-24)23-12-7-4-8-13-23/h3-8,10-13,16,25H,2,9,14-15,17-21H2,1H3,(H,30,36)(H,31,32). The molecule has 0 bridgehead atoms. The van der Waals surface area contributed by atoms with E-state index < -0.39 is 0 Å². The lowest BCUT2D eigenvalue weighted by atomic mass is 9.71. The van der Waals surface area contributed by atoms with Gasteiger partial charge in [0.25, 0.3) is 0 Å². The van der Waals surface area contributed by atoms with Crippen molar-refractivity contribution >= 4 is 11.8 Å². The molecule has 2 N–H and O–H groups in total. The average Bonchev–Trinajstić information content (AvgIpc) is 3.50. The highest BCUT2D eigenvalue weighted by atomic mass is 16.2. The minimum Gasteiger partial charge on any atom is -0.355 e. The van der Waals surface area contributed by atoms with E-state index in [1.807, 2.05) is 54.3 Å². The van der Waals surface area contributed by atoms with E-state index in [0.717, 1.165) is 43.0 Å². The number of aromatic amines is 1. The second-order valence-corrected chi connectivity index (χ2v) is 10.3. The molecule has 1 atom stereocenters. The fourth-order valence-electron chi connectivity index (χ4n) is 5.67. The van der Waals surface area contributed by atoms with E-state index in [1.54, 1.807) is 0 Å². The molecule has 1 spiro atoms. The number of nitrogens with zero attached hydrogens (tertiary/aromatic N) is 3. The predicted octanol–water partition coefficient (Wildman–Crippen LogP) is 3.50. The maximum atomic E-state index is 13.4. The Morgan fingerprint density at radius 2 is 1.78 bits per heavy atom.